The van der Waals surface area contributed by atoms with Crippen molar-refractivity contribution < 1.29 is 0 Å². The van der Waals surface area contributed by atoms with E-state index in [1.165, 1.54) is 0 Å². The molecule has 0 spiro atoms. The predicted molar refractivity (Wildman–Crippen MR) is 83.6 cm³/mol. The monoisotopic (exact) mass is 294 g/mol. The Morgan fingerprint density at radius 2 is 2.20 bits per heavy atom. The molecular formula is C14H19ClN4O. The average Bonchev–Trinajstić information content (AvgIpc) is 2.40. The van der Waals surface area contributed by atoms with Crippen molar-refractivity contribution in [2.75, 3.05) is 18.5 Å². The summed E-state index contributed by atoms with van der Waals surface area (Å²) in [6.45, 7) is 5.05. The van der Waals surface area contributed by atoms with Gasteiger partial charge < -0.3 is 10.6 Å². The van der Waals surface area contributed by atoms with Crippen molar-refractivity contribution in [3.63, 3.8) is 0 Å². The lowest BCUT2D eigenvalue weighted by molar-refractivity contribution is 0.579. The smallest absolute Gasteiger partial charge is 0.350 e. The van der Waals surface area contributed by atoms with E-state index in [1.54, 1.807) is 16.7 Å². The van der Waals surface area contributed by atoms with Crippen LogP contribution in [0.5, 0.6) is 0 Å². The molecule has 0 saturated heterocycles. The van der Waals surface area contributed by atoms with Crippen molar-refractivity contribution in [3.8, 4) is 0 Å². The van der Waals surface area contributed by atoms with Crippen LogP contribution in [0.1, 0.15) is 13.8 Å². The number of nitrogens with zero attached hydrogens (tertiary/aromatic N) is 3. The third kappa shape index (κ3) is 2.78. The molecule has 1 aromatic heterocycles. The molecule has 2 N–H and O–H groups in total. The number of benzene rings is 1. The van der Waals surface area contributed by atoms with Gasteiger partial charge in [-0.25, -0.2) is 4.79 Å². The quantitative estimate of drug-likeness (QED) is 0.935. The van der Waals surface area contributed by atoms with Crippen LogP contribution >= 0.6 is 11.6 Å². The summed E-state index contributed by atoms with van der Waals surface area (Å²) >= 11 is 6.06. The standard InChI is InChI=1S/C14H19ClN4O/c1-4-18(3)13-11-6-5-10(15)7-12(11)19(8-9(2)16)14(20)17-13/h5-7,9H,4,8,16H2,1-3H3. The van der Waals surface area contributed by atoms with E-state index < -0.39 is 0 Å². The fraction of sp³-hybridized carbons (Fsp3) is 0.429. The van der Waals surface area contributed by atoms with Gasteiger partial charge >= 0.3 is 5.69 Å². The van der Waals surface area contributed by atoms with Crippen LogP contribution in [0.2, 0.25) is 5.02 Å². The zero-order chi connectivity index (χ0) is 14.9. The number of anilines is 1. The van der Waals surface area contributed by atoms with Crippen LogP contribution in [-0.2, 0) is 6.54 Å². The summed E-state index contributed by atoms with van der Waals surface area (Å²) in [5, 5.41) is 1.49. The van der Waals surface area contributed by atoms with Crippen molar-refractivity contribution in [1.82, 2.24) is 9.55 Å². The van der Waals surface area contributed by atoms with Crippen molar-refractivity contribution in [2.45, 2.75) is 26.4 Å². The van der Waals surface area contributed by atoms with Gasteiger partial charge in [0.15, 0.2) is 0 Å². The topological polar surface area (TPSA) is 64.2 Å². The highest BCUT2D eigenvalue weighted by Crippen LogP contribution is 2.25. The van der Waals surface area contributed by atoms with E-state index in [4.69, 9.17) is 17.3 Å². The van der Waals surface area contributed by atoms with Crippen LogP contribution < -0.4 is 16.3 Å². The summed E-state index contributed by atoms with van der Waals surface area (Å²) in [6.07, 6.45) is 0. The number of nitrogens with two attached hydrogens (primary N) is 1. The third-order valence-corrected chi connectivity index (χ3v) is 3.47. The SMILES string of the molecule is CCN(C)c1nc(=O)n(CC(C)N)c2cc(Cl)ccc12. The van der Waals surface area contributed by atoms with Crippen LogP contribution in [0.25, 0.3) is 10.9 Å². The fourth-order valence-electron chi connectivity index (χ4n) is 2.14. The second kappa shape index (κ2) is 5.81. The Morgan fingerprint density at radius 3 is 2.80 bits per heavy atom. The molecule has 1 aromatic carbocycles. The van der Waals surface area contributed by atoms with Crippen LogP contribution in [-0.4, -0.2) is 29.2 Å². The molecule has 5 nitrogen and oxygen atoms in total. The first-order valence-electron chi connectivity index (χ1n) is 6.60. The number of fused-ring (bicyclic) bond motifs is 1. The largest absolute Gasteiger partial charge is 0.359 e. The molecule has 2 rings (SSSR count). The molecule has 0 bridgehead atoms. The Morgan fingerprint density at radius 1 is 1.50 bits per heavy atom. The van der Waals surface area contributed by atoms with Crippen LogP contribution in [0, 0.1) is 0 Å². The molecule has 6 heteroatoms. The van der Waals surface area contributed by atoms with Crippen molar-refractivity contribution in [3.05, 3.63) is 33.7 Å². The van der Waals surface area contributed by atoms with Crippen LogP contribution in [0.3, 0.4) is 0 Å². The third-order valence-electron chi connectivity index (χ3n) is 3.23. The lowest BCUT2D eigenvalue weighted by atomic mass is 10.2. The van der Waals surface area contributed by atoms with Crippen LogP contribution in [0.4, 0.5) is 5.82 Å². The van der Waals surface area contributed by atoms with E-state index in [1.807, 2.05) is 31.9 Å². The van der Waals surface area contributed by atoms with Crippen LogP contribution in [0.15, 0.2) is 23.0 Å². The molecule has 1 unspecified atom stereocenters. The Kier molecular flexibility index (Phi) is 4.30. The van der Waals surface area contributed by atoms with Gasteiger partial charge in [-0.1, -0.05) is 11.6 Å². The molecule has 0 radical (unpaired) electrons. The molecule has 108 valence electrons. The van der Waals surface area contributed by atoms with Gasteiger partial charge in [-0.2, -0.15) is 4.98 Å². The van der Waals surface area contributed by atoms with E-state index in [0.29, 0.717) is 17.4 Å². The molecule has 2 aromatic rings. The second-order valence-corrected chi connectivity index (χ2v) is 5.42. The maximum atomic E-state index is 12.2. The molecule has 1 atom stereocenters. The lowest BCUT2D eigenvalue weighted by Gasteiger charge is -2.20. The predicted octanol–water partition coefficient (Wildman–Crippen LogP) is 1.85. The van der Waals surface area contributed by atoms with Gasteiger partial charge in [-0.3, -0.25) is 4.57 Å². The maximum absolute atomic E-state index is 12.2. The highest BCUT2D eigenvalue weighted by molar-refractivity contribution is 6.31. The Hall–Kier alpha value is -1.59. The van der Waals surface area contributed by atoms with E-state index in [2.05, 4.69) is 4.98 Å². The molecule has 0 fully saturated rings. The summed E-state index contributed by atoms with van der Waals surface area (Å²) in [6, 6.07) is 5.35. The number of aromatic nitrogens is 2. The van der Waals surface area contributed by atoms with Crippen molar-refractivity contribution in [1.29, 1.82) is 0 Å². The Balaban J connectivity index is 2.79. The Bertz CT molecular complexity index is 681. The summed E-state index contributed by atoms with van der Waals surface area (Å²) in [5.74, 6) is 0.671. The number of halogens is 1. The number of hydrogen-bond donors (Lipinski definition) is 1. The molecule has 0 aliphatic carbocycles. The number of rotatable bonds is 4. The molecule has 0 aliphatic heterocycles. The highest BCUT2D eigenvalue weighted by Gasteiger charge is 2.14. The Labute approximate surface area is 123 Å². The number of hydrogen-bond acceptors (Lipinski definition) is 4. The summed E-state index contributed by atoms with van der Waals surface area (Å²) in [7, 11) is 1.91. The molecule has 1 heterocycles. The first-order valence-corrected chi connectivity index (χ1v) is 6.98. The molecule has 0 amide bonds. The molecule has 0 saturated carbocycles. The van der Waals surface area contributed by atoms with Gasteiger partial charge in [0.05, 0.1) is 5.52 Å². The summed E-state index contributed by atoms with van der Waals surface area (Å²) in [5.41, 5.74) is 6.29. The first-order chi connectivity index (χ1) is 9.43. The second-order valence-electron chi connectivity index (χ2n) is 4.98. The molecular weight excluding hydrogens is 276 g/mol. The zero-order valence-electron chi connectivity index (χ0n) is 11.9. The van der Waals surface area contributed by atoms with Gasteiger partial charge in [0.2, 0.25) is 0 Å². The first kappa shape index (κ1) is 14.8. The minimum atomic E-state index is -0.299. The van der Waals surface area contributed by atoms with Gasteiger partial charge in [-0.05, 0) is 32.0 Å². The molecule has 20 heavy (non-hydrogen) atoms. The minimum absolute atomic E-state index is 0.133. The minimum Gasteiger partial charge on any atom is -0.359 e. The fourth-order valence-corrected chi connectivity index (χ4v) is 2.30. The summed E-state index contributed by atoms with van der Waals surface area (Å²) in [4.78, 5) is 18.4. The van der Waals surface area contributed by atoms with E-state index >= 15 is 0 Å². The van der Waals surface area contributed by atoms with Crippen molar-refractivity contribution in [2.24, 2.45) is 5.73 Å². The van der Waals surface area contributed by atoms with Gasteiger partial charge in [0.25, 0.3) is 0 Å². The summed E-state index contributed by atoms with van der Waals surface area (Å²) < 4.78 is 1.58. The van der Waals surface area contributed by atoms with Crippen molar-refractivity contribution >= 4 is 28.3 Å². The van der Waals surface area contributed by atoms with E-state index in [0.717, 1.165) is 17.4 Å². The maximum Gasteiger partial charge on any atom is 0.350 e. The van der Waals surface area contributed by atoms with Gasteiger partial charge in [0.1, 0.15) is 5.82 Å². The average molecular weight is 295 g/mol. The van der Waals surface area contributed by atoms with Gasteiger partial charge in [-0.15, -0.1) is 0 Å². The van der Waals surface area contributed by atoms with E-state index in [-0.39, 0.29) is 11.7 Å². The zero-order valence-corrected chi connectivity index (χ0v) is 12.7. The lowest BCUT2D eigenvalue weighted by Crippen LogP contribution is -2.33. The van der Waals surface area contributed by atoms with E-state index in [9.17, 15) is 4.79 Å². The highest BCUT2D eigenvalue weighted by atomic mass is 35.5. The normalized spacial score (nSPS) is 12.7. The van der Waals surface area contributed by atoms with Gasteiger partial charge in [0, 0.05) is 36.6 Å². The molecule has 0 aliphatic rings.